The van der Waals surface area contributed by atoms with Crippen LogP contribution in [-0.4, -0.2) is 36.5 Å². The van der Waals surface area contributed by atoms with E-state index in [1.807, 2.05) is 0 Å². The molecular formula is C13H11N3O4S2. The van der Waals surface area contributed by atoms with Crippen LogP contribution in [0.5, 0.6) is 0 Å². The summed E-state index contributed by atoms with van der Waals surface area (Å²) in [4.78, 5) is 17.6. The maximum atomic E-state index is 12.5. The molecule has 0 bridgehead atoms. The molecule has 0 aliphatic rings. The molecule has 0 aliphatic heterocycles. The maximum Gasteiger partial charge on any atom is 0.352 e. The smallest absolute Gasteiger partial charge is 0.352 e. The van der Waals surface area contributed by atoms with Crippen LogP contribution in [0, 0.1) is 0 Å². The number of sulfonamides is 1. The fraction of sp³-hybridized carbons (Fsp3) is 0.0769. The summed E-state index contributed by atoms with van der Waals surface area (Å²) in [6, 6.07) is 6.46. The molecule has 3 aromatic rings. The molecule has 0 unspecified atom stereocenters. The van der Waals surface area contributed by atoms with E-state index in [0.29, 0.717) is 16.6 Å². The molecule has 0 radical (unpaired) electrons. The number of para-hydroxylation sites is 1. The fourth-order valence-corrected chi connectivity index (χ4v) is 4.29. The topological polar surface area (TPSA) is 103 Å². The van der Waals surface area contributed by atoms with E-state index in [0.717, 1.165) is 15.6 Å². The average molecular weight is 337 g/mol. The first kappa shape index (κ1) is 14.5. The number of thiazole rings is 1. The van der Waals surface area contributed by atoms with Crippen LogP contribution >= 0.6 is 11.3 Å². The summed E-state index contributed by atoms with van der Waals surface area (Å²) < 4.78 is 26.1. The van der Waals surface area contributed by atoms with Crippen molar-refractivity contribution in [3.63, 3.8) is 0 Å². The minimum atomic E-state index is -3.78. The predicted molar refractivity (Wildman–Crippen MR) is 83.0 cm³/mol. The van der Waals surface area contributed by atoms with E-state index in [9.17, 15) is 13.2 Å². The molecule has 0 spiro atoms. The standard InChI is InChI=1S/C13H11N3O4S2/c1-16(22(19,20)13-14-5-6-21-13)10-4-2-3-8-7-9(12(17)18)15-11(8)10/h2-7,15H,1H3,(H,17,18). The minimum Gasteiger partial charge on any atom is -0.477 e. The molecule has 3 rings (SSSR count). The van der Waals surface area contributed by atoms with Gasteiger partial charge in [0.2, 0.25) is 4.34 Å². The van der Waals surface area contributed by atoms with Crippen molar-refractivity contribution in [2.45, 2.75) is 4.34 Å². The molecule has 0 amide bonds. The first-order chi connectivity index (χ1) is 10.4. The van der Waals surface area contributed by atoms with Crippen LogP contribution in [0.3, 0.4) is 0 Å². The summed E-state index contributed by atoms with van der Waals surface area (Å²) in [7, 11) is -2.37. The Balaban J connectivity index is 2.16. The third-order valence-electron chi connectivity index (χ3n) is 3.19. The van der Waals surface area contributed by atoms with Crippen molar-refractivity contribution in [1.29, 1.82) is 0 Å². The average Bonchev–Trinajstić information content (AvgIpc) is 3.14. The summed E-state index contributed by atoms with van der Waals surface area (Å²) in [6.45, 7) is 0. The lowest BCUT2D eigenvalue weighted by Crippen LogP contribution is -2.26. The highest BCUT2D eigenvalue weighted by molar-refractivity contribution is 7.94. The van der Waals surface area contributed by atoms with Gasteiger partial charge < -0.3 is 10.1 Å². The van der Waals surface area contributed by atoms with E-state index in [4.69, 9.17) is 5.11 Å². The lowest BCUT2D eigenvalue weighted by Gasteiger charge is -2.18. The fourth-order valence-electron chi connectivity index (χ4n) is 2.10. The minimum absolute atomic E-state index is 0.00231. The molecule has 0 fully saturated rings. The van der Waals surface area contributed by atoms with Crippen molar-refractivity contribution >= 4 is 43.9 Å². The van der Waals surface area contributed by atoms with Gasteiger partial charge in [0.1, 0.15) is 5.69 Å². The molecule has 7 nitrogen and oxygen atoms in total. The number of carbonyl (C=O) groups is 1. The maximum absolute atomic E-state index is 12.5. The van der Waals surface area contributed by atoms with Gasteiger partial charge in [-0.25, -0.2) is 9.78 Å². The molecule has 0 atom stereocenters. The lowest BCUT2D eigenvalue weighted by atomic mass is 10.2. The van der Waals surface area contributed by atoms with Gasteiger partial charge in [0.25, 0.3) is 10.0 Å². The number of hydrogen-bond donors (Lipinski definition) is 2. The summed E-state index contributed by atoms with van der Waals surface area (Å²) in [5.41, 5.74) is 0.810. The number of anilines is 1. The predicted octanol–water partition coefficient (Wildman–Crippen LogP) is 2.15. The van der Waals surface area contributed by atoms with Gasteiger partial charge in [-0.3, -0.25) is 4.31 Å². The molecule has 1 aromatic carbocycles. The van der Waals surface area contributed by atoms with E-state index < -0.39 is 16.0 Å². The van der Waals surface area contributed by atoms with Crippen molar-refractivity contribution in [3.8, 4) is 0 Å². The van der Waals surface area contributed by atoms with Crippen molar-refractivity contribution in [1.82, 2.24) is 9.97 Å². The molecule has 22 heavy (non-hydrogen) atoms. The van der Waals surface area contributed by atoms with Crippen LogP contribution in [-0.2, 0) is 10.0 Å². The van der Waals surface area contributed by atoms with Crippen LogP contribution in [0.1, 0.15) is 10.5 Å². The van der Waals surface area contributed by atoms with Gasteiger partial charge in [-0.05, 0) is 12.1 Å². The van der Waals surface area contributed by atoms with Crippen molar-refractivity contribution in [3.05, 3.63) is 41.5 Å². The Morgan fingerprint density at radius 1 is 1.41 bits per heavy atom. The molecule has 0 aliphatic carbocycles. The monoisotopic (exact) mass is 337 g/mol. The Morgan fingerprint density at radius 2 is 2.18 bits per heavy atom. The van der Waals surface area contributed by atoms with Gasteiger partial charge in [0.15, 0.2) is 0 Å². The Hall–Kier alpha value is -2.39. The Labute approximate surface area is 129 Å². The zero-order chi connectivity index (χ0) is 15.9. The number of nitrogens with zero attached hydrogens (tertiary/aromatic N) is 2. The quantitative estimate of drug-likeness (QED) is 0.759. The van der Waals surface area contributed by atoms with Crippen LogP contribution in [0.2, 0.25) is 0 Å². The van der Waals surface area contributed by atoms with Crippen molar-refractivity contribution in [2.75, 3.05) is 11.4 Å². The third-order valence-corrected chi connectivity index (χ3v) is 6.14. The number of aromatic nitrogens is 2. The second kappa shape index (κ2) is 5.11. The van der Waals surface area contributed by atoms with Crippen LogP contribution in [0.15, 0.2) is 40.2 Å². The van der Waals surface area contributed by atoms with E-state index in [-0.39, 0.29) is 10.0 Å². The molecule has 2 N–H and O–H groups in total. The van der Waals surface area contributed by atoms with Gasteiger partial charge >= 0.3 is 5.97 Å². The summed E-state index contributed by atoms with van der Waals surface area (Å²) in [6.07, 6.45) is 1.42. The number of nitrogens with one attached hydrogen (secondary N) is 1. The number of rotatable bonds is 4. The number of fused-ring (bicyclic) bond motifs is 1. The normalized spacial score (nSPS) is 11.7. The van der Waals surface area contributed by atoms with E-state index in [1.54, 1.807) is 23.6 Å². The molecular weight excluding hydrogens is 326 g/mol. The van der Waals surface area contributed by atoms with Crippen molar-refractivity contribution < 1.29 is 18.3 Å². The number of benzene rings is 1. The number of carboxylic acids is 1. The van der Waals surface area contributed by atoms with Gasteiger partial charge in [-0.1, -0.05) is 12.1 Å². The van der Waals surface area contributed by atoms with Crippen molar-refractivity contribution in [2.24, 2.45) is 0 Å². The van der Waals surface area contributed by atoms with Gasteiger partial charge in [0, 0.05) is 24.0 Å². The van der Waals surface area contributed by atoms with E-state index >= 15 is 0 Å². The molecule has 2 heterocycles. The third kappa shape index (κ3) is 2.24. The summed E-state index contributed by atoms with van der Waals surface area (Å²) >= 11 is 1.02. The van der Waals surface area contributed by atoms with E-state index in [1.165, 1.54) is 19.3 Å². The zero-order valence-corrected chi connectivity index (χ0v) is 13.0. The molecule has 0 saturated heterocycles. The first-order valence-electron chi connectivity index (χ1n) is 6.14. The number of aromatic carboxylic acids is 1. The van der Waals surface area contributed by atoms with Crippen LogP contribution < -0.4 is 4.31 Å². The van der Waals surface area contributed by atoms with Crippen LogP contribution in [0.25, 0.3) is 10.9 Å². The number of carboxylic acid groups (broad SMARTS) is 1. The number of aromatic amines is 1. The zero-order valence-electron chi connectivity index (χ0n) is 11.3. The first-order valence-corrected chi connectivity index (χ1v) is 8.46. The van der Waals surface area contributed by atoms with E-state index in [2.05, 4.69) is 9.97 Å². The largest absolute Gasteiger partial charge is 0.477 e. The summed E-state index contributed by atoms with van der Waals surface area (Å²) in [5.74, 6) is -1.10. The second-order valence-corrected chi connectivity index (χ2v) is 7.54. The highest BCUT2D eigenvalue weighted by atomic mass is 32.2. The Morgan fingerprint density at radius 3 is 2.82 bits per heavy atom. The molecule has 9 heteroatoms. The SMILES string of the molecule is CN(c1cccc2cc(C(=O)O)[nH]c12)S(=O)(=O)c1nccs1. The molecule has 2 aromatic heterocycles. The second-order valence-electron chi connectivity index (χ2n) is 4.50. The number of H-pyrrole nitrogens is 1. The highest BCUT2D eigenvalue weighted by Gasteiger charge is 2.25. The van der Waals surface area contributed by atoms with Crippen LogP contribution in [0.4, 0.5) is 5.69 Å². The van der Waals surface area contributed by atoms with Gasteiger partial charge in [-0.2, -0.15) is 8.42 Å². The number of hydrogen-bond acceptors (Lipinski definition) is 5. The Kier molecular flexibility index (Phi) is 3.38. The highest BCUT2D eigenvalue weighted by Crippen LogP contribution is 2.30. The van der Waals surface area contributed by atoms with Gasteiger partial charge in [0.05, 0.1) is 11.2 Å². The summed E-state index contributed by atoms with van der Waals surface area (Å²) in [5, 5.41) is 11.3. The Bertz CT molecular complexity index is 945. The molecule has 0 saturated carbocycles. The van der Waals surface area contributed by atoms with Gasteiger partial charge in [-0.15, -0.1) is 11.3 Å². The molecule has 114 valence electrons. The lowest BCUT2D eigenvalue weighted by molar-refractivity contribution is 0.0691.